The quantitative estimate of drug-likeness (QED) is 0.629. The second-order valence-electron chi connectivity index (χ2n) is 3.17. The summed E-state index contributed by atoms with van der Waals surface area (Å²) in [7, 11) is -4.00. The van der Waals surface area contributed by atoms with Gasteiger partial charge < -0.3 is 9.79 Å². The Morgan fingerprint density at radius 2 is 1.46 bits per heavy atom. The lowest BCUT2D eigenvalue weighted by molar-refractivity contribution is 0.264. The molecule has 0 aliphatic carbocycles. The van der Waals surface area contributed by atoms with Gasteiger partial charge in [0.1, 0.15) is 0 Å². The minimum Gasteiger partial charge on any atom is -0.312 e. The van der Waals surface area contributed by atoms with Crippen LogP contribution in [0.4, 0.5) is 0 Å². The Kier molecular flexibility index (Phi) is 6.60. The van der Waals surface area contributed by atoms with E-state index in [1.807, 2.05) is 13.8 Å². The minimum absolute atomic E-state index is 0.501. The lowest BCUT2D eigenvalue weighted by Crippen LogP contribution is -2.22. The SMILES string of the molecule is CCCCN(CCCC)P(=O)(O)O. The van der Waals surface area contributed by atoms with Crippen molar-refractivity contribution in [1.82, 2.24) is 4.67 Å². The Morgan fingerprint density at radius 3 is 1.69 bits per heavy atom. The fourth-order valence-corrected chi connectivity index (χ4v) is 1.86. The first kappa shape index (κ1) is 13.1. The van der Waals surface area contributed by atoms with Crippen molar-refractivity contribution in [3.63, 3.8) is 0 Å². The highest BCUT2D eigenvalue weighted by Crippen LogP contribution is 2.40. The summed E-state index contributed by atoms with van der Waals surface area (Å²) in [6, 6.07) is 0. The fraction of sp³-hybridized carbons (Fsp3) is 1.00. The van der Waals surface area contributed by atoms with Crippen molar-refractivity contribution < 1.29 is 14.4 Å². The summed E-state index contributed by atoms with van der Waals surface area (Å²) < 4.78 is 12.2. The Bertz CT molecular complexity index is 161. The molecule has 80 valence electrons. The first-order valence-corrected chi connectivity index (χ1v) is 6.39. The van der Waals surface area contributed by atoms with Gasteiger partial charge in [-0.05, 0) is 12.8 Å². The van der Waals surface area contributed by atoms with E-state index in [9.17, 15) is 4.57 Å². The van der Waals surface area contributed by atoms with Gasteiger partial charge >= 0.3 is 7.75 Å². The third kappa shape index (κ3) is 6.22. The maximum atomic E-state index is 11.0. The van der Waals surface area contributed by atoms with Crippen molar-refractivity contribution in [2.75, 3.05) is 13.1 Å². The van der Waals surface area contributed by atoms with Crippen LogP contribution in [0.1, 0.15) is 39.5 Å². The molecule has 0 aliphatic rings. The van der Waals surface area contributed by atoms with Crippen LogP contribution in [0.5, 0.6) is 0 Å². The molecule has 0 heterocycles. The van der Waals surface area contributed by atoms with E-state index in [0.29, 0.717) is 13.1 Å². The van der Waals surface area contributed by atoms with Crippen LogP contribution in [0.15, 0.2) is 0 Å². The second kappa shape index (κ2) is 6.55. The highest BCUT2D eigenvalue weighted by Gasteiger charge is 2.23. The van der Waals surface area contributed by atoms with E-state index in [-0.39, 0.29) is 0 Å². The zero-order valence-corrected chi connectivity index (χ0v) is 9.33. The van der Waals surface area contributed by atoms with Crippen molar-refractivity contribution in [2.24, 2.45) is 0 Å². The predicted molar refractivity (Wildman–Crippen MR) is 53.4 cm³/mol. The standard InChI is InChI=1S/C8H20NO3P/c1-3-5-7-9(8-6-4-2)13(10,11)12/h3-8H2,1-2H3,(H2,10,11,12). The maximum Gasteiger partial charge on any atom is 0.402 e. The monoisotopic (exact) mass is 209 g/mol. The average molecular weight is 209 g/mol. The summed E-state index contributed by atoms with van der Waals surface area (Å²) in [5.41, 5.74) is 0. The molecule has 0 saturated carbocycles. The summed E-state index contributed by atoms with van der Waals surface area (Å²) in [6.07, 6.45) is 3.61. The molecule has 0 atom stereocenters. The zero-order chi connectivity index (χ0) is 10.3. The van der Waals surface area contributed by atoms with E-state index >= 15 is 0 Å². The van der Waals surface area contributed by atoms with Crippen molar-refractivity contribution >= 4 is 7.75 Å². The predicted octanol–water partition coefficient (Wildman–Crippen LogP) is 1.98. The van der Waals surface area contributed by atoms with E-state index in [1.54, 1.807) is 0 Å². The van der Waals surface area contributed by atoms with Gasteiger partial charge in [-0.3, -0.25) is 0 Å². The van der Waals surface area contributed by atoms with Crippen LogP contribution in [0.25, 0.3) is 0 Å². The van der Waals surface area contributed by atoms with Crippen molar-refractivity contribution in [3.8, 4) is 0 Å². The maximum absolute atomic E-state index is 11.0. The van der Waals surface area contributed by atoms with Gasteiger partial charge in [-0.25, -0.2) is 9.24 Å². The third-order valence-corrected chi connectivity index (χ3v) is 3.04. The zero-order valence-electron chi connectivity index (χ0n) is 8.44. The molecule has 0 fully saturated rings. The molecular weight excluding hydrogens is 189 g/mol. The highest BCUT2D eigenvalue weighted by molar-refractivity contribution is 7.49. The van der Waals surface area contributed by atoms with Gasteiger partial charge in [0.05, 0.1) is 0 Å². The van der Waals surface area contributed by atoms with E-state index in [2.05, 4.69) is 0 Å². The molecule has 0 amide bonds. The normalized spacial score (nSPS) is 12.4. The topological polar surface area (TPSA) is 60.8 Å². The Hall–Kier alpha value is 0.110. The molecule has 0 aromatic rings. The summed E-state index contributed by atoms with van der Waals surface area (Å²) in [5.74, 6) is 0. The lowest BCUT2D eigenvalue weighted by atomic mass is 10.3. The van der Waals surface area contributed by atoms with Gasteiger partial charge in [0.2, 0.25) is 0 Å². The van der Waals surface area contributed by atoms with Crippen LogP contribution in [-0.2, 0) is 4.57 Å². The van der Waals surface area contributed by atoms with Crippen LogP contribution in [-0.4, -0.2) is 27.5 Å². The smallest absolute Gasteiger partial charge is 0.312 e. The van der Waals surface area contributed by atoms with Crippen molar-refractivity contribution in [1.29, 1.82) is 0 Å². The summed E-state index contributed by atoms with van der Waals surface area (Å²) in [6.45, 7) is 5.02. The van der Waals surface area contributed by atoms with Crippen LogP contribution >= 0.6 is 7.75 Å². The van der Waals surface area contributed by atoms with Gasteiger partial charge in [0, 0.05) is 13.1 Å². The Balaban J connectivity index is 3.96. The largest absolute Gasteiger partial charge is 0.402 e. The summed E-state index contributed by atoms with van der Waals surface area (Å²) in [5, 5.41) is 0. The number of unbranched alkanes of at least 4 members (excludes halogenated alkanes) is 2. The molecule has 0 bridgehead atoms. The van der Waals surface area contributed by atoms with E-state index < -0.39 is 7.75 Å². The molecule has 0 aliphatic heterocycles. The number of hydrogen-bond acceptors (Lipinski definition) is 1. The van der Waals surface area contributed by atoms with E-state index in [4.69, 9.17) is 9.79 Å². The number of rotatable bonds is 7. The fourth-order valence-electron chi connectivity index (χ4n) is 1.05. The van der Waals surface area contributed by atoms with Crippen LogP contribution in [0.3, 0.4) is 0 Å². The molecule has 0 saturated heterocycles. The average Bonchev–Trinajstić information content (AvgIpc) is 2.02. The molecule has 0 aromatic carbocycles. The summed E-state index contributed by atoms with van der Waals surface area (Å²) >= 11 is 0. The van der Waals surface area contributed by atoms with Gasteiger partial charge in [0.15, 0.2) is 0 Å². The first-order chi connectivity index (χ1) is 6.02. The van der Waals surface area contributed by atoms with Gasteiger partial charge in [-0.1, -0.05) is 26.7 Å². The molecule has 2 N–H and O–H groups in total. The van der Waals surface area contributed by atoms with Crippen molar-refractivity contribution in [3.05, 3.63) is 0 Å². The van der Waals surface area contributed by atoms with Gasteiger partial charge in [-0.15, -0.1) is 0 Å². The second-order valence-corrected chi connectivity index (χ2v) is 4.77. The van der Waals surface area contributed by atoms with E-state index in [0.717, 1.165) is 25.7 Å². The number of hydrogen-bond donors (Lipinski definition) is 2. The molecular formula is C8H20NO3P. The number of nitrogens with zero attached hydrogens (tertiary/aromatic N) is 1. The first-order valence-electron chi connectivity index (χ1n) is 4.83. The molecule has 4 nitrogen and oxygen atoms in total. The molecule has 0 spiro atoms. The summed E-state index contributed by atoms with van der Waals surface area (Å²) in [4.78, 5) is 17.9. The molecule has 13 heavy (non-hydrogen) atoms. The van der Waals surface area contributed by atoms with Crippen LogP contribution < -0.4 is 0 Å². The molecule has 0 unspecified atom stereocenters. The molecule has 0 aromatic heterocycles. The van der Waals surface area contributed by atoms with E-state index in [1.165, 1.54) is 4.67 Å². The molecule has 5 heteroatoms. The lowest BCUT2D eigenvalue weighted by Gasteiger charge is -2.22. The minimum atomic E-state index is -4.00. The van der Waals surface area contributed by atoms with Crippen LogP contribution in [0, 0.1) is 0 Å². The Morgan fingerprint density at radius 1 is 1.08 bits per heavy atom. The highest BCUT2D eigenvalue weighted by atomic mass is 31.2. The van der Waals surface area contributed by atoms with Gasteiger partial charge in [0.25, 0.3) is 0 Å². The molecule has 0 rings (SSSR count). The third-order valence-electron chi connectivity index (χ3n) is 1.91. The molecule has 0 radical (unpaired) electrons. The Labute approximate surface area is 80.2 Å². The van der Waals surface area contributed by atoms with Gasteiger partial charge in [-0.2, -0.15) is 0 Å². The van der Waals surface area contributed by atoms with Crippen molar-refractivity contribution in [2.45, 2.75) is 39.5 Å². The van der Waals surface area contributed by atoms with Crippen LogP contribution in [0.2, 0.25) is 0 Å².